The van der Waals surface area contributed by atoms with Gasteiger partial charge in [-0.15, -0.1) is 0 Å². The van der Waals surface area contributed by atoms with Crippen LogP contribution in [0.15, 0.2) is 23.3 Å². The molecule has 1 nitrogen and oxygen atoms in total. The third-order valence-corrected chi connectivity index (χ3v) is 3.08. The van der Waals surface area contributed by atoms with E-state index in [0.29, 0.717) is 5.92 Å². The summed E-state index contributed by atoms with van der Waals surface area (Å²) in [6.45, 7) is 2.21. The minimum Gasteiger partial charge on any atom is -0.193 e. The lowest BCUT2D eigenvalue weighted by Gasteiger charge is -2.33. The molecule has 0 amide bonds. The minimum atomic E-state index is 0.639. The molecule has 1 saturated carbocycles. The van der Waals surface area contributed by atoms with Crippen LogP contribution in [0.2, 0.25) is 0 Å². The number of nitrogens with zero attached hydrogens (tertiary/aromatic N) is 1. The highest BCUT2D eigenvalue weighted by molar-refractivity contribution is 5.35. The largest absolute Gasteiger partial charge is 0.193 e. The molecule has 12 heavy (non-hydrogen) atoms. The molecule has 0 heterocycles. The lowest BCUT2D eigenvalue weighted by molar-refractivity contribution is 0.354. The second kappa shape index (κ2) is 2.79. The third-order valence-electron chi connectivity index (χ3n) is 3.08. The zero-order valence-electron chi connectivity index (χ0n) is 7.38. The van der Waals surface area contributed by atoms with E-state index in [2.05, 4.69) is 19.1 Å². The van der Waals surface area contributed by atoms with Crippen molar-refractivity contribution < 1.29 is 0 Å². The molecular weight excluding hydrogens is 146 g/mol. The molecule has 2 atom stereocenters. The van der Waals surface area contributed by atoms with Crippen molar-refractivity contribution in [1.82, 2.24) is 0 Å². The highest BCUT2D eigenvalue weighted by Gasteiger charge is 2.38. The maximum Gasteiger partial charge on any atom is 0.0911 e. The van der Waals surface area contributed by atoms with E-state index in [-0.39, 0.29) is 0 Å². The Morgan fingerprint density at radius 1 is 1.67 bits per heavy atom. The van der Waals surface area contributed by atoms with Gasteiger partial charge < -0.3 is 0 Å². The van der Waals surface area contributed by atoms with E-state index in [1.807, 2.05) is 0 Å². The van der Waals surface area contributed by atoms with Crippen molar-refractivity contribution in [2.75, 3.05) is 0 Å². The molecular formula is C11H13N. The Labute approximate surface area is 73.4 Å². The molecule has 0 spiro atoms. The standard InChI is InChI=1S/C11H13N/c1-2-8-5-10-7-9(3-4-12)11(10)6-8/h3,6,10-11H,2,5,7H2,1H3/b9-3+/t10?,11-/m0/s1. The number of hydrogen-bond donors (Lipinski definition) is 0. The molecule has 0 aliphatic heterocycles. The van der Waals surface area contributed by atoms with Gasteiger partial charge in [-0.05, 0) is 25.2 Å². The Morgan fingerprint density at radius 3 is 3.17 bits per heavy atom. The van der Waals surface area contributed by atoms with Crippen molar-refractivity contribution in [3.05, 3.63) is 23.3 Å². The molecule has 0 radical (unpaired) electrons. The van der Waals surface area contributed by atoms with E-state index in [1.165, 1.54) is 18.4 Å². The van der Waals surface area contributed by atoms with Crippen LogP contribution in [0.3, 0.4) is 0 Å². The van der Waals surface area contributed by atoms with Crippen molar-refractivity contribution in [2.24, 2.45) is 11.8 Å². The van der Waals surface area contributed by atoms with Crippen LogP contribution in [0.25, 0.3) is 0 Å². The van der Waals surface area contributed by atoms with Crippen molar-refractivity contribution in [3.8, 4) is 6.07 Å². The summed E-state index contributed by atoms with van der Waals surface area (Å²) < 4.78 is 0. The topological polar surface area (TPSA) is 23.8 Å². The highest BCUT2D eigenvalue weighted by Crippen LogP contribution is 2.49. The van der Waals surface area contributed by atoms with Crippen LogP contribution in [-0.2, 0) is 0 Å². The minimum absolute atomic E-state index is 0.639. The van der Waals surface area contributed by atoms with Gasteiger partial charge >= 0.3 is 0 Å². The first-order valence-corrected chi connectivity index (χ1v) is 4.63. The quantitative estimate of drug-likeness (QED) is 0.426. The second-order valence-electron chi connectivity index (χ2n) is 3.72. The average molecular weight is 159 g/mol. The Morgan fingerprint density at radius 2 is 2.50 bits per heavy atom. The fourth-order valence-corrected chi connectivity index (χ4v) is 2.31. The molecule has 0 aromatic rings. The SMILES string of the molecule is CCC1=C[C@H]2/C(=C/C#N)CC2C1. The van der Waals surface area contributed by atoms with Crippen molar-refractivity contribution in [2.45, 2.75) is 26.2 Å². The smallest absolute Gasteiger partial charge is 0.0911 e. The molecule has 1 heteroatoms. The zero-order valence-corrected chi connectivity index (χ0v) is 7.38. The summed E-state index contributed by atoms with van der Waals surface area (Å²) in [6, 6.07) is 2.12. The second-order valence-corrected chi connectivity index (χ2v) is 3.72. The Kier molecular flexibility index (Phi) is 1.77. The predicted octanol–water partition coefficient (Wildman–Crippen LogP) is 2.81. The van der Waals surface area contributed by atoms with Crippen molar-refractivity contribution in [3.63, 3.8) is 0 Å². The number of fused-ring (bicyclic) bond motifs is 1. The molecule has 0 aromatic heterocycles. The van der Waals surface area contributed by atoms with Crippen LogP contribution in [0, 0.1) is 23.2 Å². The van der Waals surface area contributed by atoms with Gasteiger partial charge in [-0.25, -0.2) is 0 Å². The Balaban J connectivity index is 2.11. The van der Waals surface area contributed by atoms with Crippen LogP contribution >= 0.6 is 0 Å². The van der Waals surface area contributed by atoms with Gasteiger partial charge in [-0.2, -0.15) is 5.26 Å². The maximum atomic E-state index is 8.50. The summed E-state index contributed by atoms with van der Waals surface area (Å²) in [6.07, 6.45) is 7.74. The molecule has 1 fully saturated rings. The first kappa shape index (κ1) is 7.61. The van der Waals surface area contributed by atoms with Gasteiger partial charge in [0.2, 0.25) is 0 Å². The predicted molar refractivity (Wildman–Crippen MR) is 48.3 cm³/mol. The lowest BCUT2D eigenvalue weighted by Crippen LogP contribution is -2.23. The van der Waals surface area contributed by atoms with Crippen LogP contribution in [0.1, 0.15) is 26.2 Å². The van der Waals surface area contributed by atoms with Crippen LogP contribution in [-0.4, -0.2) is 0 Å². The zero-order chi connectivity index (χ0) is 8.55. The number of hydrogen-bond acceptors (Lipinski definition) is 1. The normalized spacial score (nSPS) is 35.3. The van der Waals surface area contributed by atoms with E-state index >= 15 is 0 Å². The van der Waals surface area contributed by atoms with Crippen LogP contribution < -0.4 is 0 Å². The lowest BCUT2D eigenvalue weighted by atomic mass is 9.71. The van der Waals surface area contributed by atoms with E-state index in [9.17, 15) is 0 Å². The van der Waals surface area contributed by atoms with Gasteiger partial charge in [-0.3, -0.25) is 0 Å². The van der Waals surface area contributed by atoms with Crippen LogP contribution in [0.4, 0.5) is 0 Å². The molecule has 0 bridgehead atoms. The summed E-state index contributed by atoms with van der Waals surface area (Å²) in [5.74, 6) is 1.49. The van der Waals surface area contributed by atoms with E-state index in [1.54, 1.807) is 11.6 Å². The van der Waals surface area contributed by atoms with Crippen molar-refractivity contribution >= 4 is 0 Å². The van der Waals surface area contributed by atoms with E-state index < -0.39 is 0 Å². The maximum absolute atomic E-state index is 8.50. The molecule has 0 aromatic carbocycles. The summed E-state index contributed by atoms with van der Waals surface area (Å²) >= 11 is 0. The van der Waals surface area contributed by atoms with Gasteiger partial charge in [0.15, 0.2) is 0 Å². The van der Waals surface area contributed by atoms with Gasteiger partial charge in [0.05, 0.1) is 6.07 Å². The Hall–Kier alpha value is -1.03. The number of rotatable bonds is 1. The molecule has 0 N–H and O–H groups in total. The number of allylic oxidation sites excluding steroid dienone is 4. The van der Waals surface area contributed by atoms with Gasteiger partial charge in [-0.1, -0.05) is 24.1 Å². The van der Waals surface area contributed by atoms with Gasteiger partial charge in [0.25, 0.3) is 0 Å². The van der Waals surface area contributed by atoms with E-state index in [0.717, 1.165) is 12.3 Å². The van der Waals surface area contributed by atoms with Gasteiger partial charge in [0.1, 0.15) is 0 Å². The average Bonchev–Trinajstić information content (AvgIpc) is 2.39. The summed E-state index contributed by atoms with van der Waals surface area (Å²) in [7, 11) is 0. The summed E-state index contributed by atoms with van der Waals surface area (Å²) in [5.41, 5.74) is 2.94. The van der Waals surface area contributed by atoms with Crippen molar-refractivity contribution in [1.29, 1.82) is 5.26 Å². The summed E-state index contributed by atoms with van der Waals surface area (Å²) in [5, 5.41) is 8.50. The Bertz CT molecular complexity index is 291. The summed E-state index contributed by atoms with van der Waals surface area (Å²) in [4.78, 5) is 0. The highest BCUT2D eigenvalue weighted by atomic mass is 14.4. The fourth-order valence-electron chi connectivity index (χ4n) is 2.31. The molecule has 2 aliphatic carbocycles. The molecule has 2 aliphatic rings. The first-order valence-electron chi connectivity index (χ1n) is 4.63. The van der Waals surface area contributed by atoms with Crippen LogP contribution in [0.5, 0.6) is 0 Å². The first-order chi connectivity index (χ1) is 5.85. The third kappa shape index (κ3) is 0.992. The van der Waals surface area contributed by atoms with E-state index in [4.69, 9.17) is 5.26 Å². The number of nitriles is 1. The molecule has 2 rings (SSSR count). The monoisotopic (exact) mass is 159 g/mol. The van der Waals surface area contributed by atoms with Gasteiger partial charge in [0, 0.05) is 12.0 Å². The fraction of sp³-hybridized carbons (Fsp3) is 0.545. The molecule has 62 valence electrons. The molecule has 1 unspecified atom stereocenters. The molecule has 0 saturated heterocycles.